The Bertz CT molecular complexity index is 1220. The van der Waals surface area contributed by atoms with Gasteiger partial charge in [0.1, 0.15) is 11.6 Å². The summed E-state index contributed by atoms with van der Waals surface area (Å²) in [6.45, 7) is 6.18. The molecule has 1 amide bonds. The Morgan fingerprint density at radius 1 is 1.12 bits per heavy atom. The molecule has 4 rings (SSSR count). The second-order valence-corrected chi connectivity index (χ2v) is 9.19. The monoisotopic (exact) mass is 464 g/mol. The van der Waals surface area contributed by atoms with Gasteiger partial charge in [0.05, 0.1) is 24.1 Å². The third kappa shape index (κ3) is 5.51. The summed E-state index contributed by atoms with van der Waals surface area (Å²) >= 11 is 1.34. The Labute approximate surface area is 196 Å². The lowest BCUT2D eigenvalue weighted by molar-refractivity contribution is -0.120. The van der Waals surface area contributed by atoms with Gasteiger partial charge in [-0.1, -0.05) is 47.7 Å². The van der Waals surface area contributed by atoms with E-state index < -0.39 is 5.25 Å². The van der Waals surface area contributed by atoms with Crippen molar-refractivity contribution >= 4 is 17.7 Å². The summed E-state index contributed by atoms with van der Waals surface area (Å²) in [5, 5.41) is 12.0. The van der Waals surface area contributed by atoms with Crippen LogP contribution in [0.15, 0.2) is 76.5 Å². The predicted octanol–water partition coefficient (Wildman–Crippen LogP) is 5.39. The van der Waals surface area contributed by atoms with Gasteiger partial charge in [0.15, 0.2) is 11.0 Å². The smallest absolute Gasteiger partial charge is 0.233 e. The lowest BCUT2D eigenvalue weighted by atomic mass is 10.1. The van der Waals surface area contributed by atoms with Gasteiger partial charge in [0.2, 0.25) is 5.91 Å². The van der Waals surface area contributed by atoms with Crippen LogP contribution in [-0.2, 0) is 11.3 Å². The molecule has 1 N–H and O–H groups in total. The summed E-state index contributed by atoms with van der Waals surface area (Å²) < 4.78 is 20.7. The van der Waals surface area contributed by atoms with Crippen LogP contribution in [-0.4, -0.2) is 25.9 Å². The van der Waals surface area contributed by atoms with Crippen LogP contribution in [0, 0.1) is 12.7 Å². The van der Waals surface area contributed by atoms with E-state index in [-0.39, 0.29) is 17.8 Å². The van der Waals surface area contributed by atoms with E-state index in [1.165, 1.54) is 23.9 Å². The summed E-state index contributed by atoms with van der Waals surface area (Å²) in [5.74, 6) is 1.04. The Morgan fingerprint density at radius 3 is 2.61 bits per heavy atom. The van der Waals surface area contributed by atoms with Crippen molar-refractivity contribution in [2.24, 2.45) is 0 Å². The van der Waals surface area contributed by atoms with Gasteiger partial charge in [-0.3, -0.25) is 9.36 Å². The van der Waals surface area contributed by atoms with Crippen molar-refractivity contribution in [3.8, 4) is 11.4 Å². The van der Waals surface area contributed by atoms with E-state index in [4.69, 9.17) is 4.42 Å². The summed E-state index contributed by atoms with van der Waals surface area (Å²) in [4.78, 5) is 12.9. The maximum atomic E-state index is 13.2. The summed E-state index contributed by atoms with van der Waals surface area (Å²) in [7, 11) is 0. The minimum atomic E-state index is -0.419. The first kappa shape index (κ1) is 22.8. The molecular weight excluding hydrogens is 439 g/mol. The minimum absolute atomic E-state index is 0.138. The zero-order chi connectivity index (χ0) is 23.4. The molecule has 2 aromatic carbocycles. The van der Waals surface area contributed by atoms with Crippen molar-refractivity contribution in [3.63, 3.8) is 0 Å². The van der Waals surface area contributed by atoms with Crippen LogP contribution in [0.1, 0.15) is 36.8 Å². The first-order valence-electron chi connectivity index (χ1n) is 10.7. The van der Waals surface area contributed by atoms with Gasteiger partial charge in [-0.25, -0.2) is 4.39 Å². The first-order chi connectivity index (χ1) is 15.9. The zero-order valence-corrected chi connectivity index (χ0v) is 19.5. The molecule has 0 radical (unpaired) electrons. The number of hydrogen-bond donors (Lipinski definition) is 1. The number of amides is 1. The number of hydrogen-bond acceptors (Lipinski definition) is 5. The van der Waals surface area contributed by atoms with Crippen LogP contribution >= 0.6 is 11.8 Å². The van der Waals surface area contributed by atoms with E-state index in [1.54, 1.807) is 18.4 Å². The predicted molar refractivity (Wildman–Crippen MR) is 126 cm³/mol. The minimum Gasteiger partial charge on any atom is -0.467 e. The fraction of sp³-hybridized carbons (Fsp3) is 0.240. The van der Waals surface area contributed by atoms with E-state index >= 15 is 0 Å². The quantitative estimate of drug-likeness (QED) is 0.354. The highest BCUT2D eigenvalue weighted by molar-refractivity contribution is 8.00. The van der Waals surface area contributed by atoms with Crippen molar-refractivity contribution in [2.75, 3.05) is 0 Å². The van der Waals surface area contributed by atoms with E-state index in [1.807, 2.05) is 55.7 Å². The number of nitrogens with one attached hydrogen (secondary N) is 1. The molecule has 6 nitrogen and oxygen atoms in total. The molecule has 33 heavy (non-hydrogen) atoms. The van der Waals surface area contributed by atoms with Gasteiger partial charge in [-0.2, -0.15) is 0 Å². The van der Waals surface area contributed by atoms with Crippen LogP contribution in [0.2, 0.25) is 0 Å². The lowest BCUT2D eigenvalue weighted by Crippen LogP contribution is -2.33. The zero-order valence-electron chi connectivity index (χ0n) is 18.7. The SMILES string of the molecule is Cc1cccc(-c2nnc(S[C@H](C)C(=O)N[C@H](C)c3ccc(F)cc3)n2Cc2ccco2)c1. The Morgan fingerprint density at radius 2 is 1.91 bits per heavy atom. The van der Waals surface area contributed by atoms with Crippen LogP contribution in [0.3, 0.4) is 0 Å². The molecule has 0 saturated heterocycles. The van der Waals surface area contributed by atoms with E-state index in [2.05, 4.69) is 21.6 Å². The average Bonchev–Trinajstić information content (AvgIpc) is 3.45. The number of rotatable bonds is 8. The lowest BCUT2D eigenvalue weighted by Gasteiger charge is -2.18. The van der Waals surface area contributed by atoms with E-state index in [0.29, 0.717) is 17.5 Å². The molecule has 2 aromatic heterocycles. The molecule has 0 aliphatic carbocycles. The molecule has 0 spiro atoms. The average molecular weight is 465 g/mol. The number of thioether (sulfide) groups is 1. The molecule has 4 aromatic rings. The second-order valence-electron chi connectivity index (χ2n) is 7.88. The molecule has 8 heteroatoms. The largest absolute Gasteiger partial charge is 0.467 e. The van der Waals surface area contributed by atoms with Crippen molar-refractivity contribution < 1.29 is 13.6 Å². The highest BCUT2D eigenvalue weighted by Crippen LogP contribution is 2.29. The normalized spacial score (nSPS) is 13.0. The topological polar surface area (TPSA) is 73.0 Å². The number of aromatic nitrogens is 3. The second kappa shape index (κ2) is 10.0. The van der Waals surface area contributed by atoms with Crippen LogP contribution in [0.25, 0.3) is 11.4 Å². The number of aryl methyl sites for hydroxylation is 1. The molecular formula is C25H25FN4O2S. The molecule has 0 unspecified atom stereocenters. The number of carbonyl (C=O) groups is 1. The van der Waals surface area contributed by atoms with Crippen molar-refractivity contribution in [1.29, 1.82) is 0 Å². The number of nitrogens with zero attached hydrogens (tertiary/aromatic N) is 3. The van der Waals surface area contributed by atoms with E-state index in [9.17, 15) is 9.18 Å². The molecule has 0 saturated carbocycles. The highest BCUT2D eigenvalue weighted by atomic mass is 32.2. The first-order valence-corrected chi connectivity index (χ1v) is 11.5. The number of halogens is 1. The van der Waals surface area contributed by atoms with Gasteiger partial charge in [-0.15, -0.1) is 10.2 Å². The molecule has 170 valence electrons. The fourth-order valence-electron chi connectivity index (χ4n) is 3.45. The van der Waals surface area contributed by atoms with Crippen molar-refractivity contribution in [2.45, 2.75) is 43.8 Å². The summed E-state index contributed by atoms with van der Waals surface area (Å²) in [6.07, 6.45) is 1.63. The molecule has 0 aliphatic rings. The third-order valence-electron chi connectivity index (χ3n) is 5.27. The Balaban J connectivity index is 1.54. The molecule has 2 heterocycles. The van der Waals surface area contributed by atoms with Crippen LogP contribution in [0.4, 0.5) is 4.39 Å². The van der Waals surface area contributed by atoms with Crippen molar-refractivity contribution in [1.82, 2.24) is 20.1 Å². The molecule has 0 aliphatic heterocycles. The van der Waals surface area contributed by atoms with Gasteiger partial charge in [0, 0.05) is 5.56 Å². The highest BCUT2D eigenvalue weighted by Gasteiger charge is 2.23. The maximum Gasteiger partial charge on any atom is 0.233 e. The van der Waals surface area contributed by atoms with Gasteiger partial charge in [-0.05, 0) is 56.7 Å². The van der Waals surface area contributed by atoms with Gasteiger partial charge in [0.25, 0.3) is 0 Å². The molecule has 2 atom stereocenters. The van der Waals surface area contributed by atoms with E-state index in [0.717, 1.165) is 22.5 Å². The van der Waals surface area contributed by atoms with Gasteiger partial charge >= 0.3 is 0 Å². The third-order valence-corrected chi connectivity index (χ3v) is 6.35. The van der Waals surface area contributed by atoms with Crippen LogP contribution in [0.5, 0.6) is 0 Å². The number of benzene rings is 2. The van der Waals surface area contributed by atoms with Crippen LogP contribution < -0.4 is 5.32 Å². The van der Waals surface area contributed by atoms with Crippen molar-refractivity contribution in [3.05, 3.63) is 89.6 Å². The van der Waals surface area contributed by atoms with Gasteiger partial charge < -0.3 is 9.73 Å². The summed E-state index contributed by atoms with van der Waals surface area (Å²) in [5.41, 5.74) is 2.91. The standard InChI is InChI=1S/C25H25FN4O2S/c1-16-6-4-7-20(14-16)23-28-29-25(30(23)15-22-8-5-13-32-22)33-18(3)24(31)27-17(2)19-9-11-21(26)12-10-19/h4-14,17-18H,15H2,1-3H3,(H,27,31)/t17-,18-/m1/s1. The number of carbonyl (C=O) groups excluding carboxylic acids is 1. The maximum absolute atomic E-state index is 13.2. The summed E-state index contributed by atoms with van der Waals surface area (Å²) in [6, 6.07) is 17.7. The Kier molecular flexibility index (Phi) is 6.93. The molecule has 0 fully saturated rings. The fourth-order valence-corrected chi connectivity index (χ4v) is 4.31. The Hall–Kier alpha value is -3.39. The number of furan rings is 1. The molecule has 0 bridgehead atoms.